The molecule has 0 N–H and O–H groups in total. The number of carbonyl (C=O) groups excluding carboxylic acids is 3. The van der Waals surface area contributed by atoms with Crippen LogP contribution in [0.15, 0.2) is 85.1 Å². The highest BCUT2D eigenvalue weighted by molar-refractivity contribution is 5.72. The minimum absolute atomic E-state index is 0.106. The fourth-order valence-electron chi connectivity index (χ4n) is 8.43. The second kappa shape index (κ2) is 59.2. The minimum atomic E-state index is -0.817. The molecule has 6 heteroatoms. The molecule has 408 valence electrons. The van der Waals surface area contributed by atoms with Crippen molar-refractivity contribution < 1.29 is 28.6 Å². The van der Waals surface area contributed by atoms with Gasteiger partial charge in [-0.25, -0.2) is 0 Å². The lowest BCUT2D eigenvalue weighted by Crippen LogP contribution is -2.30. The molecule has 0 saturated heterocycles. The molecule has 0 saturated carbocycles. The van der Waals surface area contributed by atoms with Gasteiger partial charge in [-0.1, -0.05) is 279 Å². The maximum atomic E-state index is 12.9. The molecule has 0 aliphatic rings. The Labute approximate surface area is 439 Å². The van der Waals surface area contributed by atoms with E-state index in [0.29, 0.717) is 12.8 Å². The van der Waals surface area contributed by atoms with Gasteiger partial charge < -0.3 is 14.2 Å². The van der Waals surface area contributed by atoms with Gasteiger partial charge in [0.15, 0.2) is 6.10 Å². The fraction of sp³-hybridized carbons (Fsp3) is 0.738. The van der Waals surface area contributed by atoms with Crippen molar-refractivity contribution in [1.29, 1.82) is 0 Å². The van der Waals surface area contributed by atoms with E-state index >= 15 is 0 Å². The summed E-state index contributed by atoms with van der Waals surface area (Å²) in [5, 5.41) is 0. The van der Waals surface area contributed by atoms with Crippen molar-refractivity contribution in [3.63, 3.8) is 0 Å². The van der Waals surface area contributed by atoms with Crippen LogP contribution in [0, 0.1) is 0 Å². The van der Waals surface area contributed by atoms with Crippen LogP contribution in [0.4, 0.5) is 0 Å². The van der Waals surface area contributed by atoms with E-state index in [1.54, 1.807) is 6.08 Å². The van der Waals surface area contributed by atoms with Gasteiger partial charge in [0.05, 0.1) is 6.42 Å². The van der Waals surface area contributed by atoms with Gasteiger partial charge in [0.2, 0.25) is 0 Å². The van der Waals surface area contributed by atoms with Crippen LogP contribution >= 0.6 is 0 Å². The summed E-state index contributed by atoms with van der Waals surface area (Å²) in [7, 11) is 0. The number of carbonyl (C=O) groups is 3. The normalized spacial score (nSPS) is 12.7. The molecule has 0 aromatic carbocycles. The van der Waals surface area contributed by atoms with E-state index in [9.17, 15) is 14.4 Å². The first-order valence-electron chi connectivity index (χ1n) is 30.1. The summed E-state index contributed by atoms with van der Waals surface area (Å²) in [6, 6.07) is 0. The summed E-state index contributed by atoms with van der Waals surface area (Å²) in [4.78, 5) is 38.2. The molecular formula is C65H112O6. The highest BCUT2D eigenvalue weighted by atomic mass is 16.6. The highest BCUT2D eigenvalue weighted by Gasteiger charge is 2.19. The lowest BCUT2D eigenvalue weighted by molar-refractivity contribution is -0.166. The van der Waals surface area contributed by atoms with Gasteiger partial charge in [0, 0.05) is 12.8 Å². The molecule has 0 heterocycles. The third-order valence-electron chi connectivity index (χ3n) is 12.9. The molecule has 0 fully saturated rings. The number of hydrogen-bond donors (Lipinski definition) is 0. The summed E-state index contributed by atoms with van der Waals surface area (Å²) in [5.74, 6) is -1.03. The topological polar surface area (TPSA) is 78.9 Å². The Kier molecular flexibility index (Phi) is 56.3. The molecule has 0 aliphatic heterocycles. The van der Waals surface area contributed by atoms with Crippen LogP contribution in [-0.4, -0.2) is 37.2 Å². The number of unbranched alkanes of at least 4 members (excludes halogenated alkanes) is 30. The Morgan fingerprint density at radius 2 is 0.606 bits per heavy atom. The van der Waals surface area contributed by atoms with Crippen molar-refractivity contribution >= 4 is 17.9 Å². The molecule has 1 unspecified atom stereocenters. The number of esters is 3. The van der Waals surface area contributed by atoms with Gasteiger partial charge in [-0.2, -0.15) is 0 Å². The average molecular weight is 990 g/mol. The molecule has 71 heavy (non-hydrogen) atoms. The van der Waals surface area contributed by atoms with E-state index in [4.69, 9.17) is 14.2 Å². The Hall–Kier alpha value is -3.41. The van der Waals surface area contributed by atoms with Crippen molar-refractivity contribution in [3.05, 3.63) is 85.1 Å². The largest absolute Gasteiger partial charge is 0.462 e. The SMILES string of the molecule is CC/C=C\C/C=C\C/C=C\C/C=C\C/C=C\CC(=O)OCC(COC(=O)CCCCCCCCCCC/C=C\C/C=C\CCCCC)OC(=O)CCCCCCCCCCCCCCCCCCCCC. The zero-order valence-corrected chi connectivity index (χ0v) is 46.7. The van der Waals surface area contributed by atoms with E-state index in [1.165, 1.54) is 173 Å². The Balaban J connectivity index is 4.44. The molecular weight excluding hydrogens is 877 g/mol. The molecule has 0 aliphatic carbocycles. The van der Waals surface area contributed by atoms with E-state index < -0.39 is 12.1 Å². The zero-order valence-electron chi connectivity index (χ0n) is 46.7. The van der Waals surface area contributed by atoms with Gasteiger partial charge in [-0.3, -0.25) is 14.4 Å². The van der Waals surface area contributed by atoms with E-state index in [1.807, 2.05) is 6.08 Å². The van der Waals surface area contributed by atoms with E-state index in [0.717, 1.165) is 77.0 Å². The summed E-state index contributed by atoms with van der Waals surface area (Å²) >= 11 is 0. The predicted octanol–water partition coefficient (Wildman–Crippen LogP) is 20.3. The molecule has 0 bridgehead atoms. The molecule has 0 amide bonds. The lowest BCUT2D eigenvalue weighted by Gasteiger charge is -2.18. The highest BCUT2D eigenvalue weighted by Crippen LogP contribution is 2.16. The van der Waals surface area contributed by atoms with Crippen LogP contribution in [0.3, 0.4) is 0 Å². The number of ether oxygens (including phenoxy) is 3. The Morgan fingerprint density at radius 3 is 1.01 bits per heavy atom. The summed E-state index contributed by atoms with van der Waals surface area (Å²) in [6.07, 6.45) is 77.5. The number of allylic oxidation sites excluding steroid dienone is 13. The standard InChI is InChI=1S/C65H112O6/c1-4-7-10-13-16-19-22-25-28-30-32-34-37-40-43-46-49-52-55-58-64(67)70-61-62(60-69-63(66)57-54-51-48-45-42-39-36-27-24-21-18-15-12-9-6-3)71-65(68)59-56-53-50-47-44-41-38-35-33-31-29-26-23-20-17-14-11-8-5-2/h9,12,16,18-19,21,25,27-28,36,42,45,51,54,62H,4-8,10-11,13-15,17,20,22-24,26,29-35,37-41,43-44,46-50,52-53,55-61H2,1-3H3/b12-9-,19-16-,21-18-,28-25-,36-27-,45-42-,54-51-. The predicted molar refractivity (Wildman–Crippen MR) is 307 cm³/mol. The number of hydrogen-bond acceptors (Lipinski definition) is 6. The maximum Gasteiger partial charge on any atom is 0.309 e. The van der Waals surface area contributed by atoms with Gasteiger partial charge in [-0.15, -0.1) is 0 Å². The van der Waals surface area contributed by atoms with Crippen LogP contribution in [-0.2, 0) is 28.6 Å². The van der Waals surface area contributed by atoms with E-state index in [2.05, 4.69) is 93.7 Å². The average Bonchev–Trinajstić information content (AvgIpc) is 3.37. The first-order chi connectivity index (χ1) is 35.0. The molecule has 0 aromatic heterocycles. The second-order valence-electron chi connectivity index (χ2n) is 19.9. The van der Waals surface area contributed by atoms with Crippen LogP contribution < -0.4 is 0 Å². The quantitative estimate of drug-likeness (QED) is 0.0261. The second-order valence-corrected chi connectivity index (χ2v) is 19.9. The molecule has 1 atom stereocenters. The van der Waals surface area contributed by atoms with Crippen LogP contribution in [0.25, 0.3) is 0 Å². The van der Waals surface area contributed by atoms with Crippen LogP contribution in [0.2, 0.25) is 0 Å². The first kappa shape index (κ1) is 67.6. The molecule has 6 nitrogen and oxygen atoms in total. The van der Waals surface area contributed by atoms with Crippen molar-refractivity contribution in [1.82, 2.24) is 0 Å². The maximum absolute atomic E-state index is 12.9. The minimum Gasteiger partial charge on any atom is -0.462 e. The molecule has 0 radical (unpaired) electrons. The van der Waals surface area contributed by atoms with Crippen LogP contribution in [0.5, 0.6) is 0 Å². The third kappa shape index (κ3) is 57.4. The fourth-order valence-corrected chi connectivity index (χ4v) is 8.43. The smallest absolute Gasteiger partial charge is 0.309 e. The van der Waals surface area contributed by atoms with E-state index in [-0.39, 0.29) is 31.6 Å². The van der Waals surface area contributed by atoms with Gasteiger partial charge >= 0.3 is 17.9 Å². The zero-order chi connectivity index (χ0) is 51.4. The summed E-state index contributed by atoms with van der Waals surface area (Å²) in [6.45, 7) is 6.44. The van der Waals surface area contributed by atoms with Crippen molar-refractivity contribution in [2.24, 2.45) is 0 Å². The molecule has 0 rings (SSSR count). The Morgan fingerprint density at radius 1 is 0.310 bits per heavy atom. The Bertz CT molecular complexity index is 1370. The number of rotatable bonds is 54. The summed E-state index contributed by atoms with van der Waals surface area (Å²) in [5.41, 5.74) is 0. The van der Waals surface area contributed by atoms with Crippen molar-refractivity contribution in [3.8, 4) is 0 Å². The van der Waals surface area contributed by atoms with Gasteiger partial charge in [0.25, 0.3) is 0 Å². The molecule has 0 spiro atoms. The summed E-state index contributed by atoms with van der Waals surface area (Å²) < 4.78 is 16.8. The monoisotopic (exact) mass is 989 g/mol. The lowest BCUT2D eigenvalue weighted by atomic mass is 10.0. The third-order valence-corrected chi connectivity index (χ3v) is 12.9. The van der Waals surface area contributed by atoms with Gasteiger partial charge in [-0.05, 0) is 77.0 Å². The molecule has 0 aromatic rings. The van der Waals surface area contributed by atoms with Crippen molar-refractivity contribution in [2.45, 2.75) is 297 Å². The van der Waals surface area contributed by atoms with Gasteiger partial charge in [0.1, 0.15) is 13.2 Å². The van der Waals surface area contributed by atoms with Crippen LogP contribution in [0.1, 0.15) is 290 Å². The first-order valence-corrected chi connectivity index (χ1v) is 30.1. The van der Waals surface area contributed by atoms with Crippen molar-refractivity contribution in [2.75, 3.05) is 13.2 Å².